The minimum Gasteiger partial charge on any atom is -0.503 e. The molecule has 0 bridgehead atoms. The summed E-state index contributed by atoms with van der Waals surface area (Å²) in [5.41, 5.74) is 1.48. The first kappa shape index (κ1) is 15.6. The molecular weight excluding hydrogens is 318 g/mol. The van der Waals surface area contributed by atoms with Gasteiger partial charge in [-0.25, -0.2) is 0 Å². The fourth-order valence-electron chi connectivity index (χ4n) is 3.00. The van der Waals surface area contributed by atoms with Gasteiger partial charge in [-0.2, -0.15) is 0 Å². The standard InChI is InChI=1S/C16H24BrNO2/c1-16(2)7-5-4-6-14(16)18-10-11-8-12(17)15(19)13(9-11)20-3/h8-9,14,18-19H,4-7,10H2,1-3H3. The van der Waals surface area contributed by atoms with Crippen molar-refractivity contribution in [1.29, 1.82) is 0 Å². The largest absolute Gasteiger partial charge is 0.503 e. The zero-order valence-electron chi connectivity index (χ0n) is 12.5. The summed E-state index contributed by atoms with van der Waals surface area (Å²) < 4.78 is 5.87. The van der Waals surface area contributed by atoms with Gasteiger partial charge in [0.15, 0.2) is 11.5 Å². The molecule has 1 fully saturated rings. The van der Waals surface area contributed by atoms with Crippen LogP contribution in [-0.2, 0) is 6.54 Å². The lowest BCUT2D eigenvalue weighted by atomic mass is 9.73. The predicted molar refractivity (Wildman–Crippen MR) is 85.2 cm³/mol. The van der Waals surface area contributed by atoms with Crippen molar-refractivity contribution < 1.29 is 9.84 Å². The average Bonchev–Trinajstić information content (AvgIpc) is 2.40. The van der Waals surface area contributed by atoms with E-state index in [2.05, 4.69) is 35.1 Å². The molecule has 0 aromatic heterocycles. The second-order valence-corrected chi connectivity index (χ2v) is 7.15. The van der Waals surface area contributed by atoms with Crippen molar-refractivity contribution in [2.45, 2.75) is 52.1 Å². The maximum Gasteiger partial charge on any atom is 0.172 e. The normalized spacial score (nSPS) is 21.7. The molecule has 112 valence electrons. The van der Waals surface area contributed by atoms with Crippen LogP contribution in [-0.4, -0.2) is 18.3 Å². The lowest BCUT2D eigenvalue weighted by Crippen LogP contribution is -2.43. The third-order valence-corrected chi connectivity index (χ3v) is 4.97. The number of benzene rings is 1. The number of aromatic hydroxyl groups is 1. The highest BCUT2D eigenvalue weighted by Gasteiger charge is 2.31. The Morgan fingerprint density at radius 1 is 1.40 bits per heavy atom. The summed E-state index contributed by atoms with van der Waals surface area (Å²) in [6.45, 7) is 5.48. The molecule has 1 unspecified atom stereocenters. The number of halogens is 1. The number of phenolic OH excluding ortho intramolecular Hbond substituents is 1. The van der Waals surface area contributed by atoms with Crippen LogP contribution < -0.4 is 10.1 Å². The van der Waals surface area contributed by atoms with Crippen LogP contribution in [0.3, 0.4) is 0 Å². The summed E-state index contributed by atoms with van der Waals surface area (Å²) in [5.74, 6) is 0.674. The Kier molecular flexibility index (Phi) is 4.97. The highest BCUT2D eigenvalue weighted by atomic mass is 79.9. The maximum absolute atomic E-state index is 9.83. The summed E-state index contributed by atoms with van der Waals surface area (Å²) in [6.07, 6.45) is 5.17. The van der Waals surface area contributed by atoms with E-state index in [1.807, 2.05) is 12.1 Å². The molecule has 0 spiro atoms. The molecule has 1 saturated carbocycles. The lowest BCUT2D eigenvalue weighted by Gasteiger charge is -2.39. The van der Waals surface area contributed by atoms with Gasteiger partial charge in [-0.3, -0.25) is 0 Å². The molecule has 3 nitrogen and oxygen atoms in total. The Morgan fingerprint density at radius 2 is 2.15 bits per heavy atom. The summed E-state index contributed by atoms with van der Waals surface area (Å²) in [7, 11) is 1.57. The van der Waals surface area contributed by atoms with Gasteiger partial charge in [0, 0.05) is 12.6 Å². The Hall–Kier alpha value is -0.740. The van der Waals surface area contributed by atoms with Crippen LogP contribution in [0, 0.1) is 5.41 Å². The predicted octanol–water partition coefficient (Wildman–Crippen LogP) is 4.22. The monoisotopic (exact) mass is 341 g/mol. The van der Waals surface area contributed by atoms with Crippen LogP contribution in [0.2, 0.25) is 0 Å². The van der Waals surface area contributed by atoms with E-state index in [1.54, 1.807) is 7.11 Å². The van der Waals surface area contributed by atoms with Crippen LogP contribution in [0.1, 0.15) is 45.1 Å². The van der Waals surface area contributed by atoms with Gasteiger partial charge >= 0.3 is 0 Å². The molecule has 1 aromatic rings. The SMILES string of the molecule is COc1cc(CNC2CCCCC2(C)C)cc(Br)c1O. The van der Waals surface area contributed by atoms with Crippen LogP contribution in [0.25, 0.3) is 0 Å². The van der Waals surface area contributed by atoms with E-state index >= 15 is 0 Å². The Morgan fingerprint density at radius 3 is 2.80 bits per heavy atom. The van der Waals surface area contributed by atoms with E-state index in [4.69, 9.17) is 4.74 Å². The minimum absolute atomic E-state index is 0.161. The molecule has 2 N–H and O–H groups in total. The zero-order valence-corrected chi connectivity index (χ0v) is 14.1. The molecule has 0 amide bonds. The van der Waals surface area contributed by atoms with Gasteiger partial charge in [-0.15, -0.1) is 0 Å². The first-order valence-electron chi connectivity index (χ1n) is 7.23. The molecule has 20 heavy (non-hydrogen) atoms. The van der Waals surface area contributed by atoms with Gasteiger partial charge in [-0.05, 0) is 51.9 Å². The molecule has 4 heteroatoms. The Bertz CT molecular complexity index is 474. The van der Waals surface area contributed by atoms with Gasteiger partial charge in [0.1, 0.15) is 0 Å². The van der Waals surface area contributed by atoms with Crippen molar-refractivity contribution in [3.8, 4) is 11.5 Å². The van der Waals surface area contributed by atoms with E-state index in [0.29, 0.717) is 21.7 Å². The van der Waals surface area contributed by atoms with Crippen molar-refractivity contribution in [2.24, 2.45) is 5.41 Å². The summed E-state index contributed by atoms with van der Waals surface area (Å²) in [6, 6.07) is 4.39. The third kappa shape index (κ3) is 3.47. The number of methoxy groups -OCH3 is 1. The van der Waals surface area contributed by atoms with Crippen LogP contribution in [0.4, 0.5) is 0 Å². The van der Waals surface area contributed by atoms with E-state index in [0.717, 1.165) is 12.1 Å². The highest BCUT2D eigenvalue weighted by molar-refractivity contribution is 9.10. The van der Waals surface area contributed by atoms with E-state index in [9.17, 15) is 5.11 Å². The number of ether oxygens (including phenoxy) is 1. The summed E-state index contributed by atoms with van der Waals surface area (Å²) >= 11 is 3.37. The van der Waals surface area contributed by atoms with Crippen molar-refractivity contribution in [2.75, 3.05) is 7.11 Å². The Labute approximate surface area is 129 Å². The molecule has 0 radical (unpaired) electrons. The highest BCUT2D eigenvalue weighted by Crippen LogP contribution is 2.37. The van der Waals surface area contributed by atoms with Gasteiger partial charge in [0.2, 0.25) is 0 Å². The van der Waals surface area contributed by atoms with Crippen molar-refractivity contribution in [3.63, 3.8) is 0 Å². The second kappa shape index (κ2) is 6.35. The number of hydrogen-bond donors (Lipinski definition) is 2. The van der Waals surface area contributed by atoms with E-state index in [-0.39, 0.29) is 5.75 Å². The topological polar surface area (TPSA) is 41.5 Å². The average molecular weight is 342 g/mol. The van der Waals surface area contributed by atoms with Gasteiger partial charge in [-0.1, -0.05) is 26.7 Å². The molecule has 2 rings (SSSR count). The van der Waals surface area contributed by atoms with Crippen molar-refractivity contribution in [1.82, 2.24) is 5.32 Å². The van der Waals surface area contributed by atoms with Crippen LogP contribution in [0.5, 0.6) is 11.5 Å². The fraction of sp³-hybridized carbons (Fsp3) is 0.625. The van der Waals surface area contributed by atoms with Crippen LogP contribution >= 0.6 is 15.9 Å². The first-order chi connectivity index (χ1) is 9.44. The Balaban J connectivity index is 2.05. The number of nitrogens with one attached hydrogen (secondary N) is 1. The van der Waals surface area contributed by atoms with Gasteiger partial charge in [0.25, 0.3) is 0 Å². The summed E-state index contributed by atoms with van der Waals surface area (Å²) in [5, 5.41) is 13.5. The number of rotatable bonds is 4. The first-order valence-corrected chi connectivity index (χ1v) is 8.02. The maximum atomic E-state index is 9.83. The smallest absolute Gasteiger partial charge is 0.172 e. The van der Waals surface area contributed by atoms with Crippen molar-refractivity contribution in [3.05, 3.63) is 22.2 Å². The molecular formula is C16H24BrNO2. The van der Waals surface area contributed by atoms with Gasteiger partial charge in [0.05, 0.1) is 11.6 Å². The van der Waals surface area contributed by atoms with Crippen molar-refractivity contribution >= 4 is 15.9 Å². The molecule has 0 heterocycles. The minimum atomic E-state index is 0.161. The van der Waals surface area contributed by atoms with E-state index < -0.39 is 0 Å². The fourth-order valence-corrected chi connectivity index (χ4v) is 3.49. The number of phenols is 1. The molecule has 1 aliphatic carbocycles. The third-order valence-electron chi connectivity index (χ3n) is 4.37. The summed E-state index contributed by atoms with van der Waals surface area (Å²) in [4.78, 5) is 0. The quantitative estimate of drug-likeness (QED) is 0.861. The molecule has 0 saturated heterocycles. The van der Waals surface area contributed by atoms with Gasteiger partial charge < -0.3 is 15.2 Å². The second-order valence-electron chi connectivity index (χ2n) is 6.30. The van der Waals surface area contributed by atoms with Crippen LogP contribution in [0.15, 0.2) is 16.6 Å². The molecule has 0 aliphatic heterocycles. The number of hydrogen-bond acceptors (Lipinski definition) is 3. The molecule has 1 aromatic carbocycles. The molecule has 1 atom stereocenters. The zero-order chi connectivity index (χ0) is 14.8. The molecule has 1 aliphatic rings. The van der Waals surface area contributed by atoms with E-state index in [1.165, 1.54) is 25.7 Å². The lowest BCUT2D eigenvalue weighted by molar-refractivity contribution is 0.166.